The highest BCUT2D eigenvalue weighted by Gasteiger charge is 2.34. The maximum atomic E-state index is 10.7. The Bertz CT molecular complexity index is 1220. The maximum absolute atomic E-state index is 10.7. The molecule has 1 atom stereocenters. The number of H-pyrrole nitrogens is 1. The normalized spacial score (nSPS) is 20.3. The van der Waals surface area contributed by atoms with Gasteiger partial charge in [-0.1, -0.05) is 36.2 Å². The second-order valence-electron chi connectivity index (χ2n) is 11.1. The minimum atomic E-state index is -0.913. The zero-order chi connectivity index (χ0) is 26.9. The molecule has 0 spiro atoms. The van der Waals surface area contributed by atoms with E-state index in [2.05, 4.69) is 37.7 Å². The number of aromatic nitrogens is 3. The first-order valence-electron chi connectivity index (χ1n) is 13.6. The van der Waals surface area contributed by atoms with Gasteiger partial charge in [-0.25, -0.2) is 9.97 Å². The van der Waals surface area contributed by atoms with Crippen molar-refractivity contribution in [2.75, 3.05) is 37.6 Å². The van der Waals surface area contributed by atoms with Crippen molar-refractivity contribution in [2.45, 2.75) is 64.3 Å². The lowest BCUT2D eigenvalue weighted by Crippen LogP contribution is -2.58. The minimum Gasteiger partial charge on any atom is -0.386 e. The molecule has 0 bridgehead atoms. The van der Waals surface area contributed by atoms with E-state index in [1.165, 1.54) is 0 Å². The van der Waals surface area contributed by atoms with Crippen LogP contribution in [0.1, 0.15) is 51.2 Å². The molecule has 2 fully saturated rings. The van der Waals surface area contributed by atoms with E-state index < -0.39 is 5.60 Å². The van der Waals surface area contributed by atoms with Gasteiger partial charge in [0, 0.05) is 67.4 Å². The average molecular weight is 558 g/mol. The first kappa shape index (κ1) is 27.4. The van der Waals surface area contributed by atoms with E-state index in [0.717, 1.165) is 86.9 Å². The predicted molar refractivity (Wildman–Crippen MR) is 155 cm³/mol. The predicted octanol–water partition coefficient (Wildman–Crippen LogP) is 5.57. The molecule has 0 radical (unpaired) electrons. The summed E-state index contributed by atoms with van der Waals surface area (Å²) < 4.78 is 0. The summed E-state index contributed by atoms with van der Waals surface area (Å²) in [6, 6.07) is 8.91. The van der Waals surface area contributed by atoms with E-state index in [-0.39, 0.29) is 0 Å². The molecule has 5 rings (SSSR count). The van der Waals surface area contributed by atoms with Gasteiger partial charge in [0.1, 0.15) is 11.6 Å². The number of nitrogens with one attached hydrogen (secondary N) is 1. The number of rotatable bonds is 7. The van der Waals surface area contributed by atoms with Gasteiger partial charge in [-0.2, -0.15) is 0 Å². The average Bonchev–Trinajstić information content (AvgIpc) is 3.44. The Morgan fingerprint density at radius 3 is 2.53 bits per heavy atom. The molecule has 7 nitrogen and oxygen atoms in total. The van der Waals surface area contributed by atoms with Gasteiger partial charge in [-0.15, -0.1) is 0 Å². The van der Waals surface area contributed by atoms with Crippen LogP contribution in [0.25, 0.3) is 11.4 Å². The summed E-state index contributed by atoms with van der Waals surface area (Å²) in [5.41, 5.74) is 2.06. The zero-order valence-electron chi connectivity index (χ0n) is 22.5. The molecule has 1 aromatic carbocycles. The Hall–Kier alpha value is -2.16. The zero-order valence-corrected chi connectivity index (χ0v) is 24.0. The summed E-state index contributed by atoms with van der Waals surface area (Å²) in [5.74, 6) is 1.64. The van der Waals surface area contributed by atoms with Gasteiger partial charge in [-0.05, 0) is 75.5 Å². The van der Waals surface area contributed by atoms with Crippen LogP contribution in [0.4, 0.5) is 5.82 Å². The van der Waals surface area contributed by atoms with Crippen molar-refractivity contribution in [1.82, 2.24) is 24.8 Å². The molecule has 2 N–H and O–H groups in total. The largest absolute Gasteiger partial charge is 0.386 e. The second kappa shape index (κ2) is 11.5. The van der Waals surface area contributed by atoms with Crippen molar-refractivity contribution in [3.8, 4) is 11.4 Å². The number of pyridine rings is 1. The Kier molecular flexibility index (Phi) is 8.31. The van der Waals surface area contributed by atoms with Crippen molar-refractivity contribution in [3.05, 3.63) is 64.0 Å². The van der Waals surface area contributed by atoms with Crippen LogP contribution < -0.4 is 4.90 Å². The molecular weight excluding hydrogens is 519 g/mol. The van der Waals surface area contributed by atoms with E-state index in [9.17, 15) is 5.11 Å². The molecule has 9 heteroatoms. The highest BCUT2D eigenvalue weighted by molar-refractivity contribution is 6.33. The first-order chi connectivity index (χ1) is 18.2. The fourth-order valence-electron chi connectivity index (χ4n) is 6.03. The molecule has 2 saturated heterocycles. The van der Waals surface area contributed by atoms with Gasteiger partial charge < -0.3 is 15.0 Å². The van der Waals surface area contributed by atoms with E-state index in [4.69, 9.17) is 28.2 Å². The SMILES string of the molecule is CCC1CN(c2ncc(-c3ncc[nH]3)cc2Cl)CCN1C1CCN(Cc2ccc(Cl)cc2C(C)(C)O)CC1. The molecule has 0 aliphatic carbocycles. The number of nitrogens with zero attached hydrogens (tertiary/aromatic N) is 5. The standard InChI is InChI=1S/C29H38Cl2N6O/c1-4-23-19-36(28-26(31)15-21(17-34-28)27-32-9-10-33-27)13-14-37(23)24-7-11-35(12-8-24)18-20-5-6-22(30)16-25(20)29(2,3)38/h5-6,9-10,15-17,23-24,38H,4,7-8,11-14,18-19H2,1-3H3,(H,32,33). The number of halogens is 2. The van der Waals surface area contributed by atoms with Crippen LogP contribution in [0.5, 0.6) is 0 Å². The lowest BCUT2D eigenvalue weighted by molar-refractivity contribution is 0.0584. The molecule has 38 heavy (non-hydrogen) atoms. The van der Waals surface area contributed by atoms with Crippen molar-refractivity contribution in [1.29, 1.82) is 0 Å². The minimum absolute atomic E-state index is 0.473. The van der Waals surface area contributed by atoms with E-state index in [1.807, 2.05) is 38.2 Å². The van der Waals surface area contributed by atoms with Gasteiger partial charge in [0.2, 0.25) is 0 Å². The number of likely N-dealkylation sites (tertiary alicyclic amines) is 1. The summed E-state index contributed by atoms with van der Waals surface area (Å²) in [4.78, 5) is 19.7. The van der Waals surface area contributed by atoms with Crippen LogP contribution >= 0.6 is 23.2 Å². The smallest absolute Gasteiger partial charge is 0.147 e. The molecular formula is C29H38Cl2N6O. The van der Waals surface area contributed by atoms with Crippen LogP contribution in [0, 0.1) is 0 Å². The molecule has 2 aromatic heterocycles. The summed E-state index contributed by atoms with van der Waals surface area (Å²) in [7, 11) is 0. The van der Waals surface area contributed by atoms with Gasteiger partial charge in [0.25, 0.3) is 0 Å². The molecule has 2 aliphatic heterocycles. The number of anilines is 1. The third-order valence-corrected chi connectivity index (χ3v) is 8.56. The third kappa shape index (κ3) is 6.02. The summed E-state index contributed by atoms with van der Waals surface area (Å²) in [6.45, 7) is 11.8. The molecule has 0 saturated carbocycles. The van der Waals surface area contributed by atoms with E-state index >= 15 is 0 Å². The number of piperazine rings is 1. The molecule has 1 unspecified atom stereocenters. The topological polar surface area (TPSA) is 71.5 Å². The van der Waals surface area contributed by atoms with Crippen molar-refractivity contribution in [2.24, 2.45) is 0 Å². The number of hydrogen-bond donors (Lipinski definition) is 2. The van der Waals surface area contributed by atoms with Gasteiger partial charge in [-0.3, -0.25) is 9.80 Å². The number of piperidine rings is 1. The van der Waals surface area contributed by atoms with E-state index in [0.29, 0.717) is 22.1 Å². The first-order valence-corrected chi connectivity index (χ1v) is 14.4. The lowest BCUT2D eigenvalue weighted by atomic mass is 9.92. The lowest BCUT2D eigenvalue weighted by Gasteiger charge is -2.48. The third-order valence-electron chi connectivity index (χ3n) is 8.04. The van der Waals surface area contributed by atoms with Gasteiger partial charge in [0.15, 0.2) is 0 Å². The quantitative estimate of drug-likeness (QED) is 0.396. The highest BCUT2D eigenvalue weighted by atomic mass is 35.5. The number of aliphatic hydroxyl groups is 1. The van der Waals surface area contributed by atoms with Gasteiger partial charge in [0.05, 0.1) is 10.6 Å². The van der Waals surface area contributed by atoms with Crippen molar-refractivity contribution < 1.29 is 5.11 Å². The second-order valence-corrected chi connectivity index (χ2v) is 11.9. The summed E-state index contributed by atoms with van der Waals surface area (Å²) in [6.07, 6.45) is 8.79. The maximum Gasteiger partial charge on any atom is 0.147 e. The van der Waals surface area contributed by atoms with E-state index in [1.54, 1.807) is 12.4 Å². The number of imidazole rings is 1. The Labute approximate surface area is 235 Å². The number of hydrogen-bond acceptors (Lipinski definition) is 6. The summed E-state index contributed by atoms with van der Waals surface area (Å²) in [5, 5.41) is 12.0. The Morgan fingerprint density at radius 2 is 1.87 bits per heavy atom. The molecule has 204 valence electrons. The van der Waals surface area contributed by atoms with Crippen LogP contribution in [-0.4, -0.2) is 74.7 Å². The van der Waals surface area contributed by atoms with Crippen LogP contribution in [-0.2, 0) is 12.1 Å². The van der Waals surface area contributed by atoms with Crippen LogP contribution in [0.3, 0.4) is 0 Å². The van der Waals surface area contributed by atoms with Crippen LogP contribution in [0.2, 0.25) is 10.0 Å². The van der Waals surface area contributed by atoms with Crippen LogP contribution in [0.15, 0.2) is 42.9 Å². The van der Waals surface area contributed by atoms with Gasteiger partial charge >= 0.3 is 0 Å². The fourth-order valence-corrected chi connectivity index (χ4v) is 6.49. The molecule has 4 heterocycles. The molecule has 2 aliphatic rings. The summed E-state index contributed by atoms with van der Waals surface area (Å²) >= 11 is 12.9. The monoisotopic (exact) mass is 556 g/mol. The van der Waals surface area contributed by atoms with Crippen molar-refractivity contribution >= 4 is 29.0 Å². The fraction of sp³-hybridized carbons (Fsp3) is 0.517. The van der Waals surface area contributed by atoms with Crippen molar-refractivity contribution in [3.63, 3.8) is 0 Å². The molecule has 3 aromatic rings. The number of benzene rings is 1. The highest BCUT2D eigenvalue weighted by Crippen LogP contribution is 2.32. The number of aromatic amines is 1. The molecule has 0 amide bonds. The Balaban J connectivity index is 1.19. The Morgan fingerprint density at radius 1 is 1.08 bits per heavy atom.